The van der Waals surface area contributed by atoms with Gasteiger partial charge in [0.15, 0.2) is 5.78 Å². The van der Waals surface area contributed by atoms with Gasteiger partial charge < -0.3 is 0 Å². The lowest BCUT2D eigenvalue weighted by Crippen LogP contribution is -1.90. The zero-order valence-electron chi connectivity index (χ0n) is 14.7. The maximum atomic E-state index is 11.3. The minimum Gasteiger partial charge on any atom is -0.295 e. The van der Waals surface area contributed by atoms with Gasteiger partial charge in [0, 0.05) is 5.56 Å². The summed E-state index contributed by atoms with van der Waals surface area (Å²) in [5.41, 5.74) is 6.82. The van der Waals surface area contributed by atoms with Crippen molar-refractivity contribution in [3.8, 4) is 11.1 Å². The topological polar surface area (TPSA) is 17.1 Å². The van der Waals surface area contributed by atoms with Crippen molar-refractivity contribution in [2.24, 2.45) is 0 Å². The molecule has 0 unspecified atom stereocenters. The van der Waals surface area contributed by atoms with Crippen LogP contribution in [0.5, 0.6) is 0 Å². The number of hydrogen-bond acceptors (Lipinski definition) is 1. The third kappa shape index (κ3) is 4.33. The molecule has 124 valence electrons. The Balaban J connectivity index is 1.72. The van der Waals surface area contributed by atoms with Crippen molar-refractivity contribution in [3.05, 3.63) is 95.1 Å². The highest BCUT2D eigenvalue weighted by Gasteiger charge is 1.99. The molecule has 0 heterocycles. The van der Waals surface area contributed by atoms with Gasteiger partial charge in [-0.3, -0.25) is 4.79 Å². The Labute approximate surface area is 149 Å². The van der Waals surface area contributed by atoms with Crippen molar-refractivity contribution in [2.45, 2.75) is 20.3 Å². The summed E-state index contributed by atoms with van der Waals surface area (Å²) in [6.45, 7) is 3.76. The molecule has 0 aliphatic heterocycles. The van der Waals surface area contributed by atoms with Crippen LogP contribution in [0.2, 0.25) is 0 Å². The van der Waals surface area contributed by atoms with E-state index >= 15 is 0 Å². The Kier molecular flexibility index (Phi) is 5.25. The number of aryl methyl sites for hydroxylation is 1. The molecule has 0 aromatic heterocycles. The Hall–Kier alpha value is -2.93. The first-order valence-corrected chi connectivity index (χ1v) is 8.64. The summed E-state index contributed by atoms with van der Waals surface area (Å²) in [6, 6.07) is 25.0. The van der Waals surface area contributed by atoms with Crippen LogP contribution in [0.3, 0.4) is 0 Å². The number of hydrogen-bond donors (Lipinski definition) is 0. The smallest absolute Gasteiger partial charge is 0.159 e. The van der Waals surface area contributed by atoms with Gasteiger partial charge in [-0.25, -0.2) is 0 Å². The van der Waals surface area contributed by atoms with E-state index in [0.717, 1.165) is 23.1 Å². The summed E-state index contributed by atoms with van der Waals surface area (Å²) in [5.74, 6) is 0.0955. The van der Waals surface area contributed by atoms with E-state index in [2.05, 4.69) is 67.6 Å². The van der Waals surface area contributed by atoms with Crippen molar-refractivity contribution in [1.29, 1.82) is 0 Å². The number of rotatable bonds is 5. The summed E-state index contributed by atoms with van der Waals surface area (Å²) < 4.78 is 0. The fourth-order valence-electron chi connectivity index (χ4n) is 2.74. The lowest BCUT2D eigenvalue weighted by molar-refractivity contribution is 0.101. The fourth-order valence-corrected chi connectivity index (χ4v) is 2.74. The molecule has 3 aromatic rings. The van der Waals surface area contributed by atoms with Crippen molar-refractivity contribution < 1.29 is 4.79 Å². The van der Waals surface area contributed by atoms with Gasteiger partial charge >= 0.3 is 0 Å². The van der Waals surface area contributed by atoms with Crippen LogP contribution in [-0.4, -0.2) is 5.78 Å². The minimum absolute atomic E-state index is 0.0955. The molecule has 0 aliphatic rings. The molecule has 0 atom stereocenters. The summed E-state index contributed by atoms with van der Waals surface area (Å²) in [7, 11) is 0. The first-order chi connectivity index (χ1) is 12.2. The molecule has 25 heavy (non-hydrogen) atoms. The van der Waals surface area contributed by atoms with Crippen LogP contribution < -0.4 is 0 Å². The summed E-state index contributed by atoms with van der Waals surface area (Å²) in [4.78, 5) is 11.3. The first kappa shape index (κ1) is 16.9. The summed E-state index contributed by atoms with van der Waals surface area (Å²) in [5, 5.41) is 0. The zero-order valence-corrected chi connectivity index (χ0v) is 14.7. The van der Waals surface area contributed by atoms with Gasteiger partial charge in [0.05, 0.1) is 0 Å². The molecule has 0 aliphatic carbocycles. The Morgan fingerprint density at radius 3 is 1.60 bits per heavy atom. The molecular weight excluding hydrogens is 304 g/mol. The van der Waals surface area contributed by atoms with Crippen molar-refractivity contribution >= 4 is 17.9 Å². The Morgan fingerprint density at radius 2 is 1.16 bits per heavy atom. The average Bonchev–Trinajstić information content (AvgIpc) is 2.67. The minimum atomic E-state index is 0.0955. The first-order valence-electron chi connectivity index (χ1n) is 8.64. The van der Waals surface area contributed by atoms with Crippen LogP contribution >= 0.6 is 0 Å². The van der Waals surface area contributed by atoms with E-state index in [-0.39, 0.29) is 5.78 Å². The predicted octanol–water partition coefficient (Wildman–Crippen LogP) is 6.29. The Bertz CT molecular complexity index is 867. The standard InChI is InChI=1S/C24H22O/c1-3-19-6-14-23(15-7-19)24-16-10-21(11-17-24)5-4-20-8-12-22(13-9-20)18(2)25/h4-17H,3H2,1-2H3/b5-4+. The molecule has 3 rings (SSSR count). The molecule has 0 bridgehead atoms. The number of carbonyl (C=O) groups is 1. The molecule has 0 radical (unpaired) electrons. The number of carbonyl (C=O) groups excluding carboxylic acids is 1. The van der Waals surface area contributed by atoms with Gasteiger partial charge in [0.2, 0.25) is 0 Å². The van der Waals surface area contributed by atoms with Crippen molar-refractivity contribution in [2.75, 3.05) is 0 Å². The van der Waals surface area contributed by atoms with E-state index in [9.17, 15) is 4.79 Å². The molecular formula is C24H22O. The molecule has 0 saturated heterocycles. The van der Waals surface area contributed by atoms with Crippen LogP contribution in [0, 0.1) is 0 Å². The third-order valence-corrected chi connectivity index (χ3v) is 4.39. The van der Waals surface area contributed by atoms with Gasteiger partial charge in [-0.2, -0.15) is 0 Å². The molecule has 1 nitrogen and oxygen atoms in total. The zero-order chi connectivity index (χ0) is 17.6. The highest BCUT2D eigenvalue weighted by Crippen LogP contribution is 2.21. The molecule has 0 amide bonds. The van der Waals surface area contributed by atoms with Crippen LogP contribution in [0.1, 0.15) is 40.9 Å². The van der Waals surface area contributed by atoms with Gasteiger partial charge in [0.1, 0.15) is 0 Å². The van der Waals surface area contributed by atoms with E-state index in [1.807, 2.05) is 24.3 Å². The van der Waals surface area contributed by atoms with Crippen LogP contribution in [0.15, 0.2) is 72.8 Å². The average molecular weight is 326 g/mol. The highest BCUT2D eigenvalue weighted by atomic mass is 16.1. The van der Waals surface area contributed by atoms with Gasteiger partial charge in [-0.05, 0) is 41.2 Å². The molecule has 1 heteroatoms. The quantitative estimate of drug-likeness (QED) is 0.398. The van der Waals surface area contributed by atoms with E-state index < -0.39 is 0 Å². The maximum Gasteiger partial charge on any atom is 0.159 e. The van der Waals surface area contributed by atoms with Gasteiger partial charge in [-0.15, -0.1) is 0 Å². The van der Waals surface area contributed by atoms with Crippen molar-refractivity contribution in [3.63, 3.8) is 0 Å². The number of ketones is 1. The van der Waals surface area contributed by atoms with Crippen LogP contribution in [-0.2, 0) is 6.42 Å². The van der Waals surface area contributed by atoms with Crippen molar-refractivity contribution in [1.82, 2.24) is 0 Å². The van der Waals surface area contributed by atoms with Gasteiger partial charge in [0.25, 0.3) is 0 Å². The molecule has 0 spiro atoms. The van der Waals surface area contributed by atoms with Crippen LogP contribution in [0.25, 0.3) is 23.3 Å². The number of Topliss-reactive ketones (excluding diaryl/α,β-unsaturated/α-hetero) is 1. The number of benzene rings is 3. The highest BCUT2D eigenvalue weighted by molar-refractivity contribution is 5.94. The summed E-state index contributed by atoms with van der Waals surface area (Å²) in [6.07, 6.45) is 5.22. The third-order valence-electron chi connectivity index (χ3n) is 4.39. The molecule has 3 aromatic carbocycles. The predicted molar refractivity (Wildman–Crippen MR) is 107 cm³/mol. The normalized spacial score (nSPS) is 11.0. The molecule has 0 fully saturated rings. The fraction of sp³-hybridized carbons (Fsp3) is 0.125. The van der Waals surface area contributed by atoms with Crippen LogP contribution in [0.4, 0.5) is 0 Å². The van der Waals surface area contributed by atoms with E-state index in [4.69, 9.17) is 0 Å². The van der Waals surface area contributed by atoms with E-state index in [1.165, 1.54) is 16.7 Å². The van der Waals surface area contributed by atoms with E-state index in [0.29, 0.717) is 0 Å². The van der Waals surface area contributed by atoms with Gasteiger partial charge in [-0.1, -0.05) is 91.9 Å². The second kappa shape index (κ2) is 7.76. The molecule has 0 N–H and O–H groups in total. The van der Waals surface area contributed by atoms with E-state index in [1.54, 1.807) is 6.92 Å². The lowest BCUT2D eigenvalue weighted by atomic mass is 10.0. The second-order valence-electron chi connectivity index (χ2n) is 6.18. The lowest BCUT2D eigenvalue weighted by Gasteiger charge is -2.04. The SMILES string of the molecule is CCc1ccc(-c2ccc(/C=C/c3ccc(C(C)=O)cc3)cc2)cc1. The molecule has 0 saturated carbocycles. The summed E-state index contributed by atoms with van der Waals surface area (Å²) >= 11 is 0. The largest absolute Gasteiger partial charge is 0.295 e. The second-order valence-corrected chi connectivity index (χ2v) is 6.18. The Morgan fingerprint density at radius 1 is 0.720 bits per heavy atom. The monoisotopic (exact) mass is 326 g/mol. The maximum absolute atomic E-state index is 11.3.